The average Bonchev–Trinajstić information content (AvgIpc) is 2.90. The summed E-state index contributed by atoms with van der Waals surface area (Å²) in [7, 11) is 0. The molecule has 0 amide bonds. The Kier molecular flexibility index (Phi) is 14.9. The Morgan fingerprint density at radius 1 is 0.688 bits per heavy atom. The molecule has 3 N–H and O–H groups in total. The largest absolute Gasteiger partial charge is 0.507 e. The first-order chi connectivity index (χ1) is 21.4. The van der Waals surface area contributed by atoms with E-state index in [9.17, 15) is 10.2 Å². The number of aromatic hydroxyl groups is 2. The van der Waals surface area contributed by atoms with Crippen molar-refractivity contribution >= 4 is 18.4 Å². The SMILES string of the molecule is CC(=O)O.CC(C)(C)c1cc(C=NCC(Cc2ccccc2)N=Cc2cc(C(C)(C)C)cc(C(C)(C)C)c2O)c(O)c(C(C)(C)C)c1.[Co]. The average molecular weight is 702 g/mol. The number of hydrogen-bond acceptors (Lipinski definition) is 5. The maximum atomic E-state index is 11.3. The van der Waals surface area contributed by atoms with E-state index in [2.05, 4.69) is 113 Å². The van der Waals surface area contributed by atoms with Crippen molar-refractivity contribution < 1.29 is 36.9 Å². The molecule has 0 aromatic heterocycles. The number of phenols is 2. The maximum absolute atomic E-state index is 11.3. The smallest absolute Gasteiger partial charge is 0.300 e. The number of carboxylic acids is 1. The summed E-state index contributed by atoms with van der Waals surface area (Å²) in [6.45, 7) is 27.4. The van der Waals surface area contributed by atoms with Crippen LogP contribution in [0.3, 0.4) is 0 Å². The van der Waals surface area contributed by atoms with Crippen LogP contribution in [0.15, 0.2) is 64.6 Å². The van der Waals surface area contributed by atoms with Crippen LogP contribution >= 0.6 is 0 Å². The van der Waals surface area contributed by atoms with Crippen LogP contribution < -0.4 is 0 Å². The monoisotopic (exact) mass is 701 g/mol. The molecule has 0 aliphatic heterocycles. The van der Waals surface area contributed by atoms with Gasteiger partial charge in [0.1, 0.15) is 11.5 Å². The Balaban J connectivity index is 0.00000218. The molecule has 6 nitrogen and oxygen atoms in total. The Morgan fingerprint density at radius 3 is 1.46 bits per heavy atom. The third kappa shape index (κ3) is 12.9. The second-order valence-electron chi connectivity index (χ2n) is 16.6. The Labute approximate surface area is 300 Å². The van der Waals surface area contributed by atoms with Crippen molar-refractivity contribution in [1.82, 2.24) is 0 Å². The van der Waals surface area contributed by atoms with Crippen molar-refractivity contribution in [2.24, 2.45) is 9.98 Å². The summed E-state index contributed by atoms with van der Waals surface area (Å²) in [4.78, 5) is 18.8. The minimum Gasteiger partial charge on any atom is -0.507 e. The first-order valence-corrected chi connectivity index (χ1v) is 16.4. The molecular formula is C41H58CoN2O4. The number of phenolic OH excluding ortho intramolecular Hbond substituents is 2. The number of carboxylic acid groups (broad SMARTS) is 1. The van der Waals surface area contributed by atoms with Crippen molar-refractivity contribution in [1.29, 1.82) is 0 Å². The van der Waals surface area contributed by atoms with Crippen LogP contribution in [0.25, 0.3) is 0 Å². The number of benzene rings is 3. The number of nitrogens with zero attached hydrogens (tertiary/aromatic N) is 2. The summed E-state index contributed by atoms with van der Waals surface area (Å²) in [5.74, 6) is -0.268. The molecule has 0 saturated carbocycles. The Bertz CT molecular complexity index is 1560. The van der Waals surface area contributed by atoms with Gasteiger partial charge in [-0.1, -0.05) is 126 Å². The summed E-state index contributed by atoms with van der Waals surface area (Å²) in [6, 6.07) is 18.5. The number of rotatable bonds is 7. The summed E-state index contributed by atoms with van der Waals surface area (Å²) in [6.07, 6.45) is 4.32. The molecule has 0 spiro atoms. The number of hydrogen-bond donors (Lipinski definition) is 3. The zero-order chi connectivity index (χ0) is 36.0. The first kappa shape index (κ1) is 42.6. The van der Waals surface area contributed by atoms with Gasteiger partial charge < -0.3 is 15.3 Å². The van der Waals surface area contributed by atoms with Crippen LogP contribution in [0, 0.1) is 0 Å². The molecule has 3 rings (SSSR count). The molecular weight excluding hydrogens is 643 g/mol. The fourth-order valence-corrected chi connectivity index (χ4v) is 5.03. The van der Waals surface area contributed by atoms with Gasteiger partial charge in [-0.3, -0.25) is 14.8 Å². The van der Waals surface area contributed by atoms with E-state index in [0.717, 1.165) is 34.7 Å². The Morgan fingerprint density at radius 2 is 1.08 bits per heavy atom. The van der Waals surface area contributed by atoms with Crippen molar-refractivity contribution in [3.63, 3.8) is 0 Å². The van der Waals surface area contributed by atoms with Crippen LogP contribution in [0.1, 0.15) is 129 Å². The van der Waals surface area contributed by atoms with Gasteiger partial charge in [-0.15, -0.1) is 0 Å². The summed E-state index contributed by atoms with van der Waals surface area (Å²) in [5, 5.41) is 30.0. The standard InChI is InChI=1S/C39H54N2O2.C2H4O2.Co/c1-36(2,3)29-19-27(34(42)32(21-29)38(7,8)9)23-40-25-31(18-26-16-14-13-15-17-26)41-24-28-20-30(37(4,5)6)22-33(35(28)43)39(10,11)12;1-2(3)4;/h13-17,19-24,31,42-43H,18,25H2,1-12H3;1H3,(H,3,4);. The van der Waals surface area contributed by atoms with Crippen LogP contribution in [0.4, 0.5) is 0 Å². The molecule has 0 saturated heterocycles. The van der Waals surface area contributed by atoms with Gasteiger partial charge in [-0.25, -0.2) is 0 Å². The van der Waals surface area contributed by atoms with Gasteiger partial charge in [0.25, 0.3) is 5.97 Å². The van der Waals surface area contributed by atoms with E-state index in [1.807, 2.05) is 30.5 Å². The molecule has 3 aromatic rings. The zero-order valence-corrected chi connectivity index (χ0v) is 32.4. The molecule has 265 valence electrons. The van der Waals surface area contributed by atoms with E-state index >= 15 is 0 Å². The second-order valence-corrected chi connectivity index (χ2v) is 16.6. The fourth-order valence-electron chi connectivity index (χ4n) is 5.03. The number of carbonyl (C=O) groups is 1. The predicted octanol–water partition coefficient (Wildman–Crippen LogP) is 9.53. The van der Waals surface area contributed by atoms with Crippen molar-refractivity contribution in [2.45, 2.75) is 124 Å². The molecule has 0 aliphatic carbocycles. The molecule has 0 aliphatic rings. The third-order valence-electron chi connectivity index (χ3n) is 7.91. The van der Waals surface area contributed by atoms with E-state index < -0.39 is 5.97 Å². The van der Waals surface area contributed by atoms with Gasteiger partial charge in [0, 0.05) is 58.4 Å². The van der Waals surface area contributed by atoms with Crippen molar-refractivity contribution in [2.75, 3.05) is 6.54 Å². The fraction of sp³-hybridized carbons (Fsp3) is 0.488. The first-order valence-electron chi connectivity index (χ1n) is 16.4. The van der Waals surface area contributed by atoms with Gasteiger partial charge in [0.2, 0.25) is 0 Å². The number of aliphatic carboxylic acids is 1. The van der Waals surface area contributed by atoms with Crippen molar-refractivity contribution in [3.8, 4) is 11.5 Å². The minimum absolute atomic E-state index is 0. The molecule has 0 bridgehead atoms. The molecule has 7 heteroatoms. The van der Waals surface area contributed by atoms with Crippen LogP contribution in [-0.4, -0.2) is 46.3 Å². The van der Waals surface area contributed by atoms with Gasteiger partial charge in [0.05, 0.1) is 12.6 Å². The number of aliphatic imine (C=N–C) groups is 2. The molecule has 3 aromatic carbocycles. The van der Waals surface area contributed by atoms with Crippen LogP contribution in [-0.2, 0) is 49.7 Å². The van der Waals surface area contributed by atoms with E-state index in [0.29, 0.717) is 13.0 Å². The molecule has 1 atom stereocenters. The van der Waals surface area contributed by atoms with Gasteiger partial charge >= 0.3 is 0 Å². The second kappa shape index (κ2) is 16.8. The van der Waals surface area contributed by atoms with E-state index in [-0.39, 0.29) is 56.0 Å². The van der Waals surface area contributed by atoms with E-state index in [4.69, 9.17) is 19.9 Å². The Hall–Kier alpha value is -3.42. The predicted molar refractivity (Wildman–Crippen MR) is 198 cm³/mol. The molecule has 1 unspecified atom stereocenters. The molecule has 48 heavy (non-hydrogen) atoms. The molecule has 1 radical (unpaired) electrons. The quantitative estimate of drug-likeness (QED) is 0.214. The van der Waals surface area contributed by atoms with Crippen molar-refractivity contribution in [3.05, 3.63) is 93.5 Å². The minimum atomic E-state index is -0.833. The summed E-state index contributed by atoms with van der Waals surface area (Å²) in [5.41, 5.74) is 6.25. The molecule has 0 heterocycles. The maximum Gasteiger partial charge on any atom is 0.300 e. The zero-order valence-electron chi connectivity index (χ0n) is 31.3. The third-order valence-corrected chi connectivity index (χ3v) is 7.91. The van der Waals surface area contributed by atoms with Gasteiger partial charge in [0.15, 0.2) is 0 Å². The van der Waals surface area contributed by atoms with Crippen LogP contribution in [0.2, 0.25) is 0 Å². The van der Waals surface area contributed by atoms with E-state index in [1.54, 1.807) is 6.21 Å². The summed E-state index contributed by atoms with van der Waals surface area (Å²) >= 11 is 0. The van der Waals surface area contributed by atoms with Gasteiger partial charge in [-0.2, -0.15) is 0 Å². The normalized spacial score (nSPS) is 13.2. The van der Waals surface area contributed by atoms with Crippen LogP contribution in [0.5, 0.6) is 11.5 Å². The molecule has 0 fully saturated rings. The summed E-state index contributed by atoms with van der Waals surface area (Å²) < 4.78 is 0. The van der Waals surface area contributed by atoms with Gasteiger partial charge in [-0.05, 0) is 56.9 Å². The van der Waals surface area contributed by atoms with E-state index in [1.165, 1.54) is 11.1 Å². The topological polar surface area (TPSA) is 102 Å².